The van der Waals surface area contributed by atoms with Crippen molar-refractivity contribution < 1.29 is 9.34 Å². The fourth-order valence-electron chi connectivity index (χ4n) is 2.93. The van der Waals surface area contributed by atoms with Crippen LogP contribution in [0.5, 0.6) is 0 Å². The van der Waals surface area contributed by atoms with E-state index in [4.69, 9.17) is 4.42 Å². The minimum atomic E-state index is -0.497. The summed E-state index contributed by atoms with van der Waals surface area (Å²) >= 11 is 3.46. The first kappa shape index (κ1) is 15.2. The van der Waals surface area contributed by atoms with E-state index in [1.165, 1.54) is 11.6 Å². The van der Waals surface area contributed by atoms with Crippen molar-refractivity contribution in [3.8, 4) is 0 Å². The van der Waals surface area contributed by atoms with Crippen LogP contribution >= 0.6 is 15.9 Å². The van der Waals surface area contributed by atoms with Gasteiger partial charge < -0.3 is 4.42 Å². The molecule has 1 saturated heterocycles. The van der Waals surface area contributed by atoms with E-state index < -0.39 is 4.92 Å². The number of piperidine rings is 1. The Morgan fingerprint density at radius 3 is 2.45 bits per heavy atom. The second-order valence-electron chi connectivity index (χ2n) is 5.60. The van der Waals surface area contributed by atoms with Crippen molar-refractivity contribution >= 4 is 21.8 Å². The Balaban J connectivity index is 1.55. The number of hydrogen-bond acceptors (Lipinski definition) is 4. The molecule has 0 aliphatic carbocycles. The van der Waals surface area contributed by atoms with E-state index in [9.17, 15) is 10.1 Å². The third-order valence-electron chi connectivity index (χ3n) is 4.14. The zero-order valence-corrected chi connectivity index (χ0v) is 13.7. The minimum Gasteiger partial charge on any atom is -0.404 e. The average molecular weight is 365 g/mol. The van der Waals surface area contributed by atoms with Gasteiger partial charge in [0.15, 0.2) is 0 Å². The Hall–Kier alpha value is -1.66. The Labute approximate surface area is 137 Å². The lowest BCUT2D eigenvalue weighted by molar-refractivity contribution is -0.402. The van der Waals surface area contributed by atoms with Crippen LogP contribution in [0, 0.1) is 10.1 Å². The molecule has 0 N–H and O–H groups in total. The molecule has 0 radical (unpaired) electrons. The third kappa shape index (κ3) is 3.56. The maximum absolute atomic E-state index is 10.6. The standard InChI is InChI=1S/C16H17BrN2O3/c17-14-3-1-12(2-4-14)13-7-9-18(10-8-13)11-15-5-6-16(22-15)19(20)21/h1-6,13H,7-11H2. The van der Waals surface area contributed by atoms with Gasteiger partial charge in [-0.2, -0.15) is 0 Å². The van der Waals surface area contributed by atoms with E-state index in [0.717, 1.165) is 30.4 Å². The van der Waals surface area contributed by atoms with Gasteiger partial charge in [-0.25, -0.2) is 0 Å². The molecule has 0 spiro atoms. The molecule has 1 aliphatic rings. The summed E-state index contributed by atoms with van der Waals surface area (Å²) in [4.78, 5) is 12.4. The van der Waals surface area contributed by atoms with Gasteiger partial charge in [-0.15, -0.1) is 0 Å². The van der Waals surface area contributed by atoms with E-state index in [2.05, 4.69) is 45.1 Å². The van der Waals surface area contributed by atoms with Crippen molar-refractivity contribution in [3.05, 3.63) is 62.3 Å². The summed E-state index contributed by atoms with van der Waals surface area (Å²) in [5.74, 6) is 1.07. The van der Waals surface area contributed by atoms with Crippen LogP contribution in [-0.2, 0) is 6.54 Å². The smallest absolute Gasteiger partial charge is 0.404 e. The van der Waals surface area contributed by atoms with Crippen LogP contribution in [0.4, 0.5) is 5.88 Å². The molecule has 1 fully saturated rings. The van der Waals surface area contributed by atoms with E-state index in [-0.39, 0.29) is 5.88 Å². The molecule has 0 atom stereocenters. The van der Waals surface area contributed by atoms with Crippen molar-refractivity contribution in [2.45, 2.75) is 25.3 Å². The van der Waals surface area contributed by atoms with Gasteiger partial charge in [-0.1, -0.05) is 28.1 Å². The molecule has 1 aromatic carbocycles. The number of benzene rings is 1. The molecule has 1 aliphatic heterocycles. The Morgan fingerprint density at radius 2 is 1.86 bits per heavy atom. The summed E-state index contributed by atoms with van der Waals surface area (Å²) in [6.45, 7) is 2.60. The summed E-state index contributed by atoms with van der Waals surface area (Å²) in [5, 5.41) is 10.6. The Kier molecular flexibility index (Phi) is 4.59. The summed E-state index contributed by atoms with van der Waals surface area (Å²) in [6.07, 6.45) is 2.20. The highest BCUT2D eigenvalue weighted by Gasteiger charge is 2.22. The number of nitro groups is 1. The van der Waals surface area contributed by atoms with Crippen molar-refractivity contribution in [3.63, 3.8) is 0 Å². The first-order chi connectivity index (χ1) is 10.6. The molecule has 0 unspecified atom stereocenters. The number of hydrogen-bond donors (Lipinski definition) is 0. The Morgan fingerprint density at radius 1 is 1.18 bits per heavy atom. The lowest BCUT2D eigenvalue weighted by atomic mass is 9.89. The van der Waals surface area contributed by atoms with Gasteiger partial charge in [0, 0.05) is 4.47 Å². The maximum Gasteiger partial charge on any atom is 0.433 e. The molecule has 3 rings (SSSR count). The van der Waals surface area contributed by atoms with Crippen LogP contribution < -0.4 is 0 Å². The van der Waals surface area contributed by atoms with Gasteiger partial charge in [-0.05, 0) is 55.6 Å². The van der Waals surface area contributed by atoms with Crippen molar-refractivity contribution in [2.24, 2.45) is 0 Å². The van der Waals surface area contributed by atoms with Crippen molar-refractivity contribution in [1.82, 2.24) is 4.90 Å². The second-order valence-corrected chi connectivity index (χ2v) is 6.51. The van der Waals surface area contributed by atoms with Gasteiger partial charge in [0.25, 0.3) is 0 Å². The summed E-state index contributed by atoms with van der Waals surface area (Å²) in [7, 11) is 0. The Bertz CT molecular complexity index is 646. The first-order valence-electron chi connectivity index (χ1n) is 7.33. The third-order valence-corrected chi connectivity index (χ3v) is 4.66. The average Bonchev–Trinajstić information content (AvgIpc) is 2.98. The first-order valence-corrected chi connectivity index (χ1v) is 8.12. The number of likely N-dealkylation sites (tertiary alicyclic amines) is 1. The number of halogens is 1. The second kappa shape index (κ2) is 6.62. The monoisotopic (exact) mass is 364 g/mol. The molecule has 116 valence electrons. The number of furan rings is 1. The summed E-state index contributed by atoms with van der Waals surface area (Å²) in [6, 6.07) is 11.6. The van der Waals surface area contributed by atoms with Gasteiger partial charge >= 0.3 is 5.88 Å². The van der Waals surface area contributed by atoms with Gasteiger partial charge in [-0.3, -0.25) is 15.0 Å². The predicted molar refractivity (Wildman–Crippen MR) is 86.8 cm³/mol. The lowest BCUT2D eigenvalue weighted by Crippen LogP contribution is -2.32. The summed E-state index contributed by atoms with van der Waals surface area (Å²) in [5.41, 5.74) is 1.39. The van der Waals surface area contributed by atoms with Crippen LogP contribution in [0.2, 0.25) is 0 Å². The van der Waals surface area contributed by atoms with Crippen LogP contribution in [0.25, 0.3) is 0 Å². The molecule has 0 amide bonds. The van der Waals surface area contributed by atoms with Crippen LogP contribution in [0.1, 0.15) is 30.1 Å². The number of nitrogens with zero attached hydrogens (tertiary/aromatic N) is 2. The highest BCUT2D eigenvalue weighted by atomic mass is 79.9. The van der Waals surface area contributed by atoms with E-state index >= 15 is 0 Å². The van der Waals surface area contributed by atoms with E-state index in [1.807, 2.05) is 0 Å². The quantitative estimate of drug-likeness (QED) is 0.598. The molecule has 22 heavy (non-hydrogen) atoms. The van der Waals surface area contributed by atoms with Gasteiger partial charge in [0.05, 0.1) is 12.6 Å². The highest BCUT2D eigenvalue weighted by Crippen LogP contribution is 2.29. The SMILES string of the molecule is O=[N+]([O-])c1ccc(CN2CCC(c3ccc(Br)cc3)CC2)o1. The van der Waals surface area contributed by atoms with Gasteiger partial charge in [0.1, 0.15) is 10.7 Å². The largest absolute Gasteiger partial charge is 0.433 e. The molecule has 0 saturated carbocycles. The fourth-order valence-corrected chi connectivity index (χ4v) is 3.19. The van der Waals surface area contributed by atoms with Gasteiger partial charge in [0.2, 0.25) is 0 Å². The van der Waals surface area contributed by atoms with Crippen molar-refractivity contribution in [2.75, 3.05) is 13.1 Å². The van der Waals surface area contributed by atoms with E-state index in [0.29, 0.717) is 18.2 Å². The normalized spacial score (nSPS) is 16.8. The molecule has 2 heterocycles. The predicted octanol–water partition coefficient (Wildman–Crippen LogP) is 4.33. The topological polar surface area (TPSA) is 59.5 Å². The molecular formula is C16H17BrN2O3. The minimum absolute atomic E-state index is 0.181. The number of rotatable bonds is 4. The molecule has 1 aromatic heterocycles. The molecule has 2 aromatic rings. The zero-order chi connectivity index (χ0) is 15.5. The molecular weight excluding hydrogens is 348 g/mol. The lowest BCUT2D eigenvalue weighted by Gasteiger charge is -2.31. The van der Waals surface area contributed by atoms with Crippen LogP contribution in [0.15, 0.2) is 45.3 Å². The molecule has 5 nitrogen and oxygen atoms in total. The highest BCUT2D eigenvalue weighted by molar-refractivity contribution is 9.10. The zero-order valence-electron chi connectivity index (χ0n) is 12.1. The molecule has 0 bridgehead atoms. The van der Waals surface area contributed by atoms with Crippen molar-refractivity contribution in [1.29, 1.82) is 0 Å². The fraction of sp³-hybridized carbons (Fsp3) is 0.375. The van der Waals surface area contributed by atoms with Crippen LogP contribution in [-0.4, -0.2) is 22.9 Å². The van der Waals surface area contributed by atoms with E-state index in [1.54, 1.807) is 6.07 Å². The maximum atomic E-state index is 10.6. The van der Waals surface area contributed by atoms with Crippen LogP contribution in [0.3, 0.4) is 0 Å². The molecule has 6 heteroatoms. The summed E-state index contributed by atoms with van der Waals surface area (Å²) < 4.78 is 6.33.